The Kier molecular flexibility index (Phi) is 7.29. The van der Waals surface area contributed by atoms with Gasteiger partial charge in [-0.15, -0.1) is 0 Å². The fraction of sp³-hybridized carbons (Fsp3) is 0.222. The molecule has 2 aliphatic rings. The van der Waals surface area contributed by atoms with Crippen LogP contribution >= 0.6 is 27.7 Å². The van der Waals surface area contributed by atoms with Gasteiger partial charge in [-0.1, -0.05) is 52.8 Å². The van der Waals surface area contributed by atoms with Crippen molar-refractivity contribution in [2.24, 2.45) is 0 Å². The van der Waals surface area contributed by atoms with E-state index in [4.69, 9.17) is 18.9 Å². The molecule has 2 N–H and O–H groups in total. The maximum atomic E-state index is 12.6. The maximum Gasteiger partial charge on any atom is 0.260 e. The number of anilines is 1. The van der Waals surface area contributed by atoms with Crippen molar-refractivity contribution in [3.63, 3.8) is 0 Å². The summed E-state index contributed by atoms with van der Waals surface area (Å²) in [5, 5.41) is 6.32. The molecule has 0 saturated carbocycles. The minimum absolute atomic E-state index is 0.128. The molecule has 186 valence electrons. The number of aryl methyl sites for hydroxylation is 1. The Hall–Kier alpha value is -3.30. The summed E-state index contributed by atoms with van der Waals surface area (Å²) in [4.78, 5) is 13.2. The van der Waals surface area contributed by atoms with Crippen LogP contribution in [0.5, 0.6) is 23.0 Å². The van der Waals surface area contributed by atoms with Gasteiger partial charge in [0.2, 0.25) is 6.79 Å². The molecule has 0 aromatic heterocycles. The lowest BCUT2D eigenvalue weighted by atomic mass is 10.1. The van der Waals surface area contributed by atoms with E-state index in [0.717, 1.165) is 33.5 Å². The van der Waals surface area contributed by atoms with Crippen molar-refractivity contribution in [3.05, 3.63) is 80.7 Å². The highest BCUT2D eigenvalue weighted by atomic mass is 79.9. The smallest absolute Gasteiger partial charge is 0.260 e. The lowest BCUT2D eigenvalue weighted by Crippen LogP contribution is -2.30. The average molecular weight is 569 g/mol. The first-order valence-electron chi connectivity index (χ1n) is 11.5. The number of amides is 1. The van der Waals surface area contributed by atoms with Crippen LogP contribution in [0, 0.1) is 0 Å². The average Bonchev–Trinajstić information content (AvgIpc) is 3.50. The Labute approximate surface area is 222 Å². The van der Waals surface area contributed by atoms with Gasteiger partial charge in [-0.2, -0.15) is 0 Å². The van der Waals surface area contributed by atoms with E-state index < -0.39 is 0 Å². The molecule has 3 aromatic carbocycles. The molecule has 1 saturated heterocycles. The highest BCUT2D eigenvalue weighted by Crippen LogP contribution is 2.38. The molecule has 36 heavy (non-hydrogen) atoms. The number of hydrogen-bond acceptors (Lipinski definition) is 7. The molecule has 1 atom stereocenters. The molecule has 9 heteroatoms. The van der Waals surface area contributed by atoms with Crippen molar-refractivity contribution in [1.29, 1.82) is 0 Å². The van der Waals surface area contributed by atoms with Crippen molar-refractivity contribution < 1.29 is 23.7 Å². The van der Waals surface area contributed by atoms with Crippen LogP contribution in [0.15, 0.2) is 64.0 Å². The van der Waals surface area contributed by atoms with Crippen LogP contribution in [0.3, 0.4) is 0 Å². The van der Waals surface area contributed by atoms with Gasteiger partial charge in [0.25, 0.3) is 5.91 Å². The van der Waals surface area contributed by atoms with E-state index in [2.05, 4.69) is 45.6 Å². The fourth-order valence-corrected chi connectivity index (χ4v) is 5.23. The number of hydrogen-bond donors (Lipinski definition) is 2. The first kappa shape index (κ1) is 24.4. The molecule has 0 unspecified atom stereocenters. The van der Waals surface area contributed by atoms with Crippen molar-refractivity contribution in [3.8, 4) is 23.0 Å². The number of thioether (sulfide) groups is 1. The Morgan fingerprint density at radius 2 is 1.86 bits per heavy atom. The minimum atomic E-state index is -0.249. The molecule has 2 heterocycles. The van der Waals surface area contributed by atoms with E-state index in [-0.39, 0.29) is 18.2 Å². The molecule has 0 bridgehead atoms. The van der Waals surface area contributed by atoms with E-state index in [1.54, 1.807) is 7.11 Å². The molecule has 0 radical (unpaired) electrons. The number of carbonyl (C=O) groups is 1. The molecule has 5 rings (SSSR count). The number of ether oxygens (including phenoxy) is 4. The van der Waals surface area contributed by atoms with Crippen LogP contribution in [0.2, 0.25) is 0 Å². The Balaban J connectivity index is 1.28. The first-order valence-corrected chi connectivity index (χ1v) is 13.1. The normalized spacial score (nSPS) is 17.2. The van der Waals surface area contributed by atoms with Gasteiger partial charge in [0, 0.05) is 10.2 Å². The van der Waals surface area contributed by atoms with E-state index in [9.17, 15) is 4.79 Å². The summed E-state index contributed by atoms with van der Waals surface area (Å²) in [6, 6.07) is 17.6. The van der Waals surface area contributed by atoms with Crippen molar-refractivity contribution in [2.75, 3.05) is 19.2 Å². The highest BCUT2D eigenvalue weighted by molar-refractivity contribution is 9.10. The van der Waals surface area contributed by atoms with Gasteiger partial charge in [-0.25, -0.2) is 0 Å². The van der Waals surface area contributed by atoms with Gasteiger partial charge >= 0.3 is 0 Å². The standard InChI is InChI=1S/C27H25BrN2O5S/c1-3-16-4-7-19(8-5-16)29-27-30-26(31)25(36-27)12-18-11-22(32-2)24(13-20(18)28)33-14-17-6-9-21-23(10-17)35-15-34-21/h4-13,27,29H,3,14-15H2,1-2H3,(H,30,31)/b25-12-/t27-/m0/s1. The minimum Gasteiger partial charge on any atom is -0.493 e. The van der Waals surface area contributed by atoms with Crippen LogP contribution in [-0.4, -0.2) is 25.3 Å². The van der Waals surface area contributed by atoms with Crippen LogP contribution in [0.1, 0.15) is 23.6 Å². The largest absolute Gasteiger partial charge is 0.493 e. The summed E-state index contributed by atoms with van der Waals surface area (Å²) in [5.74, 6) is 2.47. The quantitative estimate of drug-likeness (QED) is 0.326. The van der Waals surface area contributed by atoms with E-state index in [1.165, 1.54) is 17.3 Å². The highest BCUT2D eigenvalue weighted by Gasteiger charge is 2.27. The zero-order valence-electron chi connectivity index (χ0n) is 19.8. The van der Waals surface area contributed by atoms with Gasteiger partial charge in [-0.3, -0.25) is 4.79 Å². The van der Waals surface area contributed by atoms with Gasteiger partial charge in [0.1, 0.15) is 6.61 Å². The fourth-order valence-electron chi connectivity index (χ4n) is 3.82. The Bertz CT molecular complexity index is 1310. The van der Waals surface area contributed by atoms with E-state index in [0.29, 0.717) is 28.8 Å². The second-order valence-electron chi connectivity index (χ2n) is 8.18. The van der Waals surface area contributed by atoms with Crippen molar-refractivity contribution in [1.82, 2.24) is 5.32 Å². The predicted molar refractivity (Wildman–Crippen MR) is 145 cm³/mol. The molecule has 0 aliphatic carbocycles. The van der Waals surface area contributed by atoms with Gasteiger partial charge < -0.3 is 29.6 Å². The van der Waals surface area contributed by atoms with Crippen LogP contribution in [-0.2, 0) is 17.8 Å². The summed E-state index contributed by atoms with van der Waals surface area (Å²) < 4.78 is 23.2. The van der Waals surface area contributed by atoms with Gasteiger partial charge in [-0.05, 0) is 65.6 Å². The second kappa shape index (κ2) is 10.8. The number of carbonyl (C=O) groups excluding carboxylic acids is 1. The van der Waals surface area contributed by atoms with E-state index in [1.807, 2.05) is 48.5 Å². The number of fused-ring (bicyclic) bond motifs is 1. The van der Waals surface area contributed by atoms with Crippen molar-refractivity contribution in [2.45, 2.75) is 25.4 Å². The lowest BCUT2D eigenvalue weighted by molar-refractivity contribution is -0.116. The zero-order chi connectivity index (χ0) is 25.1. The summed E-state index contributed by atoms with van der Waals surface area (Å²) in [6.07, 6.45) is 2.83. The zero-order valence-corrected chi connectivity index (χ0v) is 22.2. The molecule has 1 fully saturated rings. The number of methoxy groups -OCH3 is 1. The van der Waals surface area contributed by atoms with Gasteiger partial charge in [0.05, 0.1) is 12.0 Å². The summed E-state index contributed by atoms with van der Waals surface area (Å²) in [5.41, 5.74) is 3.74. The third-order valence-corrected chi connectivity index (χ3v) is 7.51. The first-order chi connectivity index (χ1) is 17.5. The van der Waals surface area contributed by atoms with Crippen LogP contribution in [0.25, 0.3) is 6.08 Å². The molecule has 0 spiro atoms. The lowest BCUT2D eigenvalue weighted by Gasteiger charge is -2.13. The number of rotatable bonds is 8. The second-order valence-corrected chi connectivity index (χ2v) is 10.2. The number of halogens is 1. The molecule has 1 amide bonds. The van der Waals surface area contributed by atoms with Crippen molar-refractivity contribution >= 4 is 45.4 Å². The number of benzene rings is 3. The predicted octanol–water partition coefficient (Wildman–Crippen LogP) is 5.93. The van der Waals surface area contributed by atoms with E-state index >= 15 is 0 Å². The third kappa shape index (κ3) is 5.42. The monoisotopic (exact) mass is 568 g/mol. The maximum absolute atomic E-state index is 12.6. The van der Waals surface area contributed by atoms with Crippen LogP contribution in [0.4, 0.5) is 5.69 Å². The SMILES string of the molecule is CCc1ccc(N[C@H]2NC(=O)/C(=C/c3cc(OC)c(OCc4ccc5c(c4)OCO5)cc3Br)S2)cc1. The molecule has 2 aliphatic heterocycles. The Morgan fingerprint density at radius 1 is 1.08 bits per heavy atom. The summed E-state index contributed by atoms with van der Waals surface area (Å²) in [6.45, 7) is 2.69. The summed E-state index contributed by atoms with van der Waals surface area (Å²) >= 11 is 5.05. The summed E-state index contributed by atoms with van der Waals surface area (Å²) in [7, 11) is 1.59. The topological polar surface area (TPSA) is 78.1 Å². The Morgan fingerprint density at radius 3 is 2.64 bits per heavy atom. The number of nitrogens with one attached hydrogen (secondary N) is 2. The molecule has 3 aromatic rings. The molecular weight excluding hydrogens is 544 g/mol. The van der Waals surface area contributed by atoms with Crippen LogP contribution < -0.4 is 29.6 Å². The third-order valence-electron chi connectivity index (χ3n) is 5.79. The molecule has 7 nitrogen and oxygen atoms in total. The van der Waals surface area contributed by atoms with Gasteiger partial charge in [0.15, 0.2) is 28.5 Å². The molecular formula is C27H25BrN2O5S.